The molecule has 6 heteroatoms. The zero-order valence-corrected chi connectivity index (χ0v) is 20.4. The second-order valence-corrected chi connectivity index (χ2v) is 8.60. The standard InChI is InChI=1S/C29H29FN4O/c1-18-13-23(7-11-27(18)30)29-26(22-8-12-28(31-4)19(2)14-22)15-25(17-33-29)32-16-21-5-9-24(10-6-21)34-20(3)35/h5-15,17,31-32H,16H2,1-4H3,(H,34,35). The molecule has 0 atom stereocenters. The normalized spacial score (nSPS) is 10.7. The van der Waals surface area contributed by atoms with Gasteiger partial charge in [-0.25, -0.2) is 4.39 Å². The van der Waals surface area contributed by atoms with Gasteiger partial charge in [-0.2, -0.15) is 0 Å². The number of aryl methyl sites for hydroxylation is 2. The summed E-state index contributed by atoms with van der Waals surface area (Å²) in [5, 5.41) is 9.43. The Balaban J connectivity index is 1.67. The van der Waals surface area contributed by atoms with Crippen LogP contribution in [-0.2, 0) is 11.3 Å². The van der Waals surface area contributed by atoms with Crippen molar-refractivity contribution in [3.05, 3.63) is 95.4 Å². The maximum absolute atomic E-state index is 13.9. The Morgan fingerprint density at radius 1 is 0.886 bits per heavy atom. The number of carbonyl (C=O) groups excluding carboxylic acids is 1. The number of halogens is 1. The number of pyridine rings is 1. The summed E-state index contributed by atoms with van der Waals surface area (Å²) in [4.78, 5) is 16.0. The number of nitrogens with zero attached hydrogens (tertiary/aromatic N) is 1. The quantitative estimate of drug-likeness (QED) is 0.280. The van der Waals surface area contributed by atoms with Crippen molar-refractivity contribution in [2.45, 2.75) is 27.3 Å². The van der Waals surface area contributed by atoms with Crippen LogP contribution in [0.3, 0.4) is 0 Å². The molecule has 5 nitrogen and oxygen atoms in total. The van der Waals surface area contributed by atoms with Crippen LogP contribution in [0.5, 0.6) is 0 Å². The summed E-state index contributed by atoms with van der Waals surface area (Å²) in [7, 11) is 1.91. The molecule has 3 aromatic carbocycles. The van der Waals surface area contributed by atoms with Gasteiger partial charge < -0.3 is 16.0 Å². The highest BCUT2D eigenvalue weighted by molar-refractivity contribution is 5.88. The van der Waals surface area contributed by atoms with Crippen LogP contribution in [0.1, 0.15) is 23.6 Å². The lowest BCUT2D eigenvalue weighted by Crippen LogP contribution is -2.06. The highest BCUT2D eigenvalue weighted by Gasteiger charge is 2.13. The minimum Gasteiger partial charge on any atom is -0.388 e. The van der Waals surface area contributed by atoms with E-state index in [1.165, 1.54) is 13.0 Å². The molecule has 0 radical (unpaired) electrons. The van der Waals surface area contributed by atoms with Crippen molar-refractivity contribution in [1.82, 2.24) is 4.98 Å². The summed E-state index contributed by atoms with van der Waals surface area (Å²) < 4.78 is 13.9. The van der Waals surface area contributed by atoms with Crippen LogP contribution in [0.15, 0.2) is 72.9 Å². The summed E-state index contributed by atoms with van der Waals surface area (Å²) in [5.41, 5.74) is 9.18. The predicted octanol–water partition coefficient (Wildman–Crippen LogP) is 6.78. The minimum absolute atomic E-state index is 0.0936. The van der Waals surface area contributed by atoms with Gasteiger partial charge in [-0.1, -0.05) is 18.2 Å². The molecular weight excluding hydrogens is 439 g/mol. The van der Waals surface area contributed by atoms with Gasteiger partial charge in [0.05, 0.1) is 17.6 Å². The molecule has 0 bridgehead atoms. The van der Waals surface area contributed by atoms with Crippen molar-refractivity contribution in [2.24, 2.45) is 0 Å². The fourth-order valence-electron chi connectivity index (χ4n) is 4.03. The van der Waals surface area contributed by atoms with E-state index in [9.17, 15) is 9.18 Å². The first-order valence-electron chi connectivity index (χ1n) is 11.5. The van der Waals surface area contributed by atoms with Crippen LogP contribution < -0.4 is 16.0 Å². The summed E-state index contributed by atoms with van der Waals surface area (Å²) >= 11 is 0. The third-order valence-corrected chi connectivity index (χ3v) is 5.90. The summed E-state index contributed by atoms with van der Waals surface area (Å²) in [5.74, 6) is -0.323. The molecule has 0 saturated heterocycles. The van der Waals surface area contributed by atoms with Crippen LogP contribution in [0.25, 0.3) is 22.4 Å². The van der Waals surface area contributed by atoms with E-state index < -0.39 is 0 Å². The fraction of sp³-hybridized carbons (Fsp3) is 0.172. The Kier molecular flexibility index (Phi) is 7.11. The van der Waals surface area contributed by atoms with Gasteiger partial charge in [0.15, 0.2) is 0 Å². The van der Waals surface area contributed by atoms with Crippen molar-refractivity contribution in [3.63, 3.8) is 0 Å². The van der Waals surface area contributed by atoms with Crippen molar-refractivity contribution in [3.8, 4) is 22.4 Å². The fourth-order valence-corrected chi connectivity index (χ4v) is 4.03. The third kappa shape index (κ3) is 5.66. The lowest BCUT2D eigenvalue weighted by atomic mass is 9.96. The minimum atomic E-state index is -0.229. The zero-order valence-electron chi connectivity index (χ0n) is 20.4. The first-order chi connectivity index (χ1) is 16.8. The van der Waals surface area contributed by atoms with E-state index in [4.69, 9.17) is 4.98 Å². The van der Waals surface area contributed by atoms with Gasteiger partial charge in [-0.05, 0) is 84.6 Å². The smallest absolute Gasteiger partial charge is 0.221 e. The lowest BCUT2D eigenvalue weighted by molar-refractivity contribution is -0.114. The monoisotopic (exact) mass is 468 g/mol. The first-order valence-corrected chi connectivity index (χ1v) is 11.5. The van der Waals surface area contributed by atoms with Crippen LogP contribution >= 0.6 is 0 Å². The Hall–Kier alpha value is -4.19. The van der Waals surface area contributed by atoms with E-state index in [0.29, 0.717) is 12.1 Å². The molecule has 0 unspecified atom stereocenters. The number of aromatic nitrogens is 1. The number of anilines is 3. The molecule has 178 valence electrons. The van der Waals surface area contributed by atoms with Crippen molar-refractivity contribution in [2.75, 3.05) is 23.0 Å². The Morgan fingerprint density at radius 3 is 2.26 bits per heavy atom. The first kappa shape index (κ1) is 24.0. The maximum atomic E-state index is 13.9. The Bertz CT molecular complexity index is 1370. The van der Waals surface area contributed by atoms with Crippen molar-refractivity contribution in [1.29, 1.82) is 0 Å². The van der Waals surface area contributed by atoms with Gasteiger partial charge in [0.25, 0.3) is 0 Å². The molecule has 3 N–H and O–H groups in total. The van der Waals surface area contributed by atoms with Crippen LogP contribution in [-0.4, -0.2) is 17.9 Å². The maximum Gasteiger partial charge on any atom is 0.221 e. The van der Waals surface area contributed by atoms with Gasteiger partial charge >= 0.3 is 0 Å². The number of carbonyl (C=O) groups is 1. The van der Waals surface area contributed by atoms with E-state index >= 15 is 0 Å². The highest BCUT2D eigenvalue weighted by Crippen LogP contribution is 2.35. The summed E-state index contributed by atoms with van der Waals surface area (Å²) in [6.45, 7) is 5.92. The molecule has 1 aromatic heterocycles. The molecule has 4 rings (SSSR count). The van der Waals surface area contributed by atoms with Crippen LogP contribution in [0, 0.1) is 19.7 Å². The SMILES string of the molecule is CNc1ccc(-c2cc(NCc3ccc(NC(C)=O)cc3)cnc2-c2ccc(F)c(C)c2)cc1C. The topological polar surface area (TPSA) is 66.0 Å². The molecule has 0 aliphatic carbocycles. The van der Waals surface area contributed by atoms with Crippen molar-refractivity contribution >= 4 is 23.0 Å². The van der Waals surface area contributed by atoms with E-state index in [1.807, 2.05) is 37.4 Å². The van der Waals surface area contributed by atoms with Gasteiger partial charge in [0.1, 0.15) is 5.82 Å². The van der Waals surface area contributed by atoms with Crippen LogP contribution in [0.4, 0.5) is 21.5 Å². The number of nitrogens with one attached hydrogen (secondary N) is 3. The second-order valence-electron chi connectivity index (χ2n) is 8.60. The average Bonchev–Trinajstić information content (AvgIpc) is 2.85. The molecule has 0 aliphatic heterocycles. The summed E-state index contributed by atoms with van der Waals surface area (Å²) in [6.07, 6.45) is 1.80. The van der Waals surface area contributed by atoms with E-state index in [2.05, 4.69) is 47.1 Å². The molecule has 4 aromatic rings. The predicted molar refractivity (Wildman–Crippen MR) is 142 cm³/mol. The number of hydrogen-bond donors (Lipinski definition) is 3. The number of amides is 1. The Morgan fingerprint density at radius 2 is 1.60 bits per heavy atom. The van der Waals surface area contributed by atoms with E-state index in [0.717, 1.165) is 50.6 Å². The largest absolute Gasteiger partial charge is 0.388 e. The molecular formula is C29H29FN4O. The average molecular weight is 469 g/mol. The van der Waals surface area contributed by atoms with E-state index in [-0.39, 0.29) is 11.7 Å². The lowest BCUT2D eigenvalue weighted by Gasteiger charge is -2.15. The number of hydrogen-bond acceptors (Lipinski definition) is 4. The zero-order chi connectivity index (χ0) is 24.9. The summed E-state index contributed by atoms with van der Waals surface area (Å²) in [6, 6.07) is 21.1. The third-order valence-electron chi connectivity index (χ3n) is 5.90. The highest BCUT2D eigenvalue weighted by atomic mass is 19.1. The molecule has 35 heavy (non-hydrogen) atoms. The van der Waals surface area contributed by atoms with Gasteiger partial charge in [-0.15, -0.1) is 0 Å². The number of benzene rings is 3. The van der Waals surface area contributed by atoms with Gasteiger partial charge in [0.2, 0.25) is 5.91 Å². The van der Waals surface area contributed by atoms with Crippen LogP contribution in [0.2, 0.25) is 0 Å². The molecule has 1 heterocycles. The van der Waals surface area contributed by atoms with E-state index in [1.54, 1.807) is 19.2 Å². The molecule has 0 fully saturated rings. The number of rotatable bonds is 7. The molecule has 1 amide bonds. The van der Waals surface area contributed by atoms with Gasteiger partial charge in [-0.3, -0.25) is 9.78 Å². The molecule has 0 saturated carbocycles. The van der Waals surface area contributed by atoms with Gasteiger partial charge in [0, 0.05) is 43.0 Å². The molecule has 0 aliphatic rings. The van der Waals surface area contributed by atoms with Crippen molar-refractivity contribution < 1.29 is 9.18 Å². The second kappa shape index (κ2) is 10.4. The Labute approximate surface area is 205 Å². The molecule has 0 spiro atoms.